The van der Waals surface area contributed by atoms with Gasteiger partial charge in [-0.15, -0.1) is 24.2 Å². The lowest BCUT2D eigenvalue weighted by Crippen LogP contribution is -2.51. The Bertz CT molecular complexity index is 3100. The monoisotopic (exact) mass is 1170 g/mol. The maximum Gasteiger partial charge on any atom is 0.356 e. The van der Waals surface area contributed by atoms with Gasteiger partial charge in [0, 0.05) is 57.3 Å². The molecule has 12 rings (SSSR count). The molecule has 5 aliphatic heterocycles. The van der Waals surface area contributed by atoms with Gasteiger partial charge in [-0.3, -0.25) is 23.9 Å². The Morgan fingerprint density at radius 2 is 1.57 bits per heavy atom. The molecule has 2 saturated carbocycles. The molecule has 3 aromatic carbocycles. The third-order valence-electron chi connectivity index (χ3n) is 18.5. The van der Waals surface area contributed by atoms with Gasteiger partial charge in [0.05, 0.1) is 56.7 Å². The number of allylic oxidation sites excluding steroid dienone is 1. The van der Waals surface area contributed by atoms with Gasteiger partial charge in [0.2, 0.25) is 12.3 Å². The van der Waals surface area contributed by atoms with E-state index in [4.69, 9.17) is 31.8 Å². The number of rotatable bonds is 13. The average molecular weight is 1170 g/mol. The van der Waals surface area contributed by atoms with Gasteiger partial charge in [-0.25, -0.2) is 9.78 Å². The van der Waals surface area contributed by atoms with E-state index in [1.54, 1.807) is 6.07 Å². The summed E-state index contributed by atoms with van der Waals surface area (Å²) in [5.41, 5.74) is 15.2. The molecule has 5 aromatic rings. The lowest BCUT2D eigenvalue weighted by Gasteiger charge is -2.34. The third kappa shape index (κ3) is 14.2. The third-order valence-corrected chi connectivity index (χ3v) is 19.7. The summed E-state index contributed by atoms with van der Waals surface area (Å²) in [6, 6.07) is 20.5. The van der Waals surface area contributed by atoms with Crippen molar-refractivity contribution in [3.8, 4) is 29.0 Å². The molecule has 444 valence electrons. The van der Waals surface area contributed by atoms with Crippen molar-refractivity contribution in [2.24, 2.45) is 17.6 Å². The van der Waals surface area contributed by atoms with Crippen molar-refractivity contribution in [2.45, 2.75) is 139 Å². The summed E-state index contributed by atoms with van der Waals surface area (Å²) in [7, 11) is 2.21. The highest BCUT2D eigenvalue weighted by Crippen LogP contribution is 2.52. The fourth-order valence-corrected chi connectivity index (χ4v) is 14.8. The fourth-order valence-electron chi connectivity index (χ4n) is 13.8. The van der Waals surface area contributed by atoms with Gasteiger partial charge in [-0.1, -0.05) is 92.6 Å². The number of aromatic nitrogens is 3. The van der Waals surface area contributed by atoms with E-state index in [2.05, 4.69) is 79.9 Å². The van der Waals surface area contributed by atoms with Gasteiger partial charge in [0.1, 0.15) is 11.9 Å². The van der Waals surface area contributed by atoms with Gasteiger partial charge in [-0.05, 0) is 149 Å². The first kappa shape index (κ1) is 61.4. The van der Waals surface area contributed by atoms with E-state index in [1.807, 2.05) is 42.6 Å². The summed E-state index contributed by atoms with van der Waals surface area (Å²) in [6.07, 6.45) is 29.2. The summed E-state index contributed by atoms with van der Waals surface area (Å²) in [5.74, 6) is 1.57. The van der Waals surface area contributed by atoms with Crippen molar-refractivity contribution < 1.29 is 29.0 Å². The van der Waals surface area contributed by atoms with Crippen LogP contribution in [0.1, 0.15) is 155 Å². The van der Waals surface area contributed by atoms with E-state index in [-0.39, 0.29) is 34.7 Å². The molecular weight excluding hydrogens is 1090 g/mol. The molecule has 1 spiro atoms. The van der Waals surface area contributed by atoms with Crippen LogP contribution < -0.4 is 21.9 Å². The molecule has 3 unspecified atom stereocenters. The molecule has 83 heavy (non-hydrogen) atoms. The number of benzene rings is 3. The molecule has 4 saturated heterocycles. The van der Waals surface area contributed by atoms with Crippen LogP contribution in [0.15, 0.2) is 82.9 Å². The molecule has 16 nitrogen and oxygen atoms in total. The minimum Gasteiger partial charge on any atom is -0.476 e. The maximum absolute atomic E-state index is 13.2. The molecule has 0 bridgehead atoms. The van der Waals surface area contributed by atoms with Gasteiger partial charge >= 0.3 is 5.97 Å². The predicted octanol–water partition coefficient (Wildman–Crippen LogP) is 10.1. The highest BCUT2D eigenvalue weighted by atomic mass is 35.5. The van der Waals surface area contributed by atoms with Crippen LogP contribution >= 0.6 is 22.9 Å². The molecular formula is C65H84ClN9O7S. The number of nitrogens with one attached hydrogen (secondary N) is 2. The zero-order valence-electron chi connectivity index (χ0n) is 48.5. The van der Waals surface area contributed by atoms with Gasteiger partial charge in [0.15, 0.2) is 5.69 Å². The number of thiazole rings is 1. The lowest BCUT2D eigenvalue weighted by molar-refractivity contribution is -0.136. The number of carbonyl (C=O) groups excluding carboxylic acids is 2. The Labute approximate surface area is 498 Å². The number of carbonyl (C=O) groups is 3. The van der Waals surface area contributed by atoms with Crippen molar-refractivity contribution in [3.63, 3.8) is 0 Å². The number of halogens is 1. The number of fused-ring (bicyclic) bond motifs is 7. The molecule has 18 heteroatoms. The highest BCUT2D eigenvalue weighted by molar-refractivity contribution is 7.13. The maximum atomic E-state index is 13.2. The number of amides is 2. The standard InChI is InChI=1S/C26H28ClN3O.C20H35N3O2.C17H19N3O4S.C2H2/c1-29-14-10-17(11-15-29)18-8-9-19-22(16-18)30-21-7-5-6-20(27)23(21)24(31)28-25(30)26(19)12-3-2-4-13-26;1-15-6-5-11-23(15)20(24)19(17-9-12-25-13-10-17)22-14-18(21)16-7-3-2-4-8-16;21-10-18-14(9-20-5-7-24-8-6-20)12-1-3-13(4-2-12)16-15(17(22)23)19-11-25-16;1-2/h5-9,16-17H,2-4,10-15H2,1H3;14-17,19,22H,2-13,21H2,1H3;1-4,10-11,14H,5-9H2,(H,18,21)(H,22,23);1-2H/b;18-14-;;. The van der Waals surface area contributed by atoms with Crippen molar-refractivity contribution in [2.75, 3.05) is 72.7 Å². The Morgan fingerprint density at radius 1 is 0.867 bits per heavy atom. The Balaban J connectivity index is 0.000000149. The van der Waals surface area contributed by atoms with Crippen LogP contribution in [0.3, 0.4) is 0 Å². The number of aromatic carboxylic acids is 1. The molecule has 0 radical (unpaired) electrons. The second kappa shape index (κ2) is 29.1. The van der Waals surface area contributed by atoms with E-state index in [9.17, 15) is 24.3 Å². The van der Waals surface area contributed by atoms with Crippen LogP contribution in [-0.4, -0.2) is 137 Å². The Kier molecular flexibility index (Phi) is 21.5. The number of nitrogens with two attached hydrogens (primary N) is 1. The lowest BCUT2D eigenvalue weighted by atomic mass is 9.69. The number of morpholine rings is 1. The number of carboxylic acids is 1. The largest absolute Gasteiger partial charge is 0.476 e. The van der Waals surface area contributed by atoms with Crippen molar-refractivity contribution >= 4 is 52.1 Å². The molecule has 6 fully saturated rings. The summed E-state index contributed by atoms with van der Waals surface area (Å²) in [6.45, 7) is 10.7. The van der Waals surface area contributed by atoms with Gasteiger partial charge in [-0.2, -0.15) is 4.98 Å². The average Bonchev–Trinajstić information content (AvgIpc) is 4.46. The molecule has 5 N–H and O–H groups in total. The van der Waals surface area contributed by atoms with E-state index in [1.165, 1.54) is 97.9 Å². The van der Waals surface area contributed by atoms with Gasteiger partial charge < -0.3 is 40.7 Å². The van der Waals surface area contributed by atoms with E-state index in [0.717, 1.165) is 113 Å². The molecule has 2 aromatic heterocycles. The first-order valence-electron chi connectivity index (χ1n) is 30.2. The van der Waals surface area contributed by atoms with Crippen LogP contribution in [-0.2, 0) is 24.5 Å². The molecule has 2 aliphatic carbocycles. The predicted molar refractivity (Wildman–Crippen MR) is 329 cm³/mol. The second-order valence-corrected chi connectivity index (χ2v) is 24.8. The van der Waals surface area contributed by atoms with E-state index in [0.29, 0.717) is 65.3 Å². The summed E-state index contributed by atoms with van der Waals surface area (Å²) in [4.78, 5) is 64.4. The van der Waals surface area contributed by atoms with Crippen molar-refractivity contribution in [1.29, 1.82) is 0 Å². The Hall–Kier alpha value is -6.13. The number of carboxylic acid groups (broad SMARTS) is 1. The normalized spacial score (nSPS) is 21.2. The number of hydrogen-bond donors (Lipinski definition) is 4. The van der Waals surface area contributed by atoms with Crippen molar-refractivity contribution in [1.82, 2.24) is 39.9 Å². The first-order chi connectivity index (χ1) is 40.4. The van der Waals surface area contributed by atoms with E-state index < -0.39 is 5.97 Å². The molecule has 3 atom stereocenters. The number of nitrogens with zero attached hydrogens (tertiary/aromatic N) is 6. The number of terminal acetylenes is 1. The first-order valence-corrected chi connectivity index (χ1v) is 31.4. The molecule has 2 amide bonds. The quantitative estimate of drug-likeness (QED) is 0.0643. The fraction of sp³-hybridized carbons (Fsp3) is 0.538. The smallest absolute Gasteiger partial charge is 0.356 e. The minimum atomic E-state index is -1.03. The van der Waals surface area contributed by atoms with Crippen LogP contribution in [0.25, 0.3) is 27.0 Å². The van der Waals surface area contributed by atoms with Crippen molar-refractivity contribution in [3.05, 3.63) is 122 Å². The topological polar surface area (TPSA) is 197 Å². The summed E-state index contributed by atoms with van der Waals surface area (Å²) in [5, 5.41) is 16.5. The highest BCUT2D eigenvalue weighted by Gasteiger charge is 2.47. The van der Waals surface area contributed by atoms with E-state index >= 15 is 0 Å². The molecule has 7 heterocycles. The number of hydrogen-bond acceptors (Lipinski definition) is 13. The van der Waals surface area contributed by atoms with Crippen LogP contribution in [0.5, 0.6) is 0 Å². The summed E-state index contributed by atoms with van der Waals surface area (Å²) < 4.78 is 13.1. The number of likely N-dealkylation sites (tertiary alicyclic amines) is 2. The zero-order valence-corrected chi connectivity index (χ0v) is 50.0. The van der Waals surface area contributed by atoms with Crippen LogP contribution in [0.2, 0.25) is 5.02 Å². The molecule has 7 aliphatic rings. The second-order valence-electron chi connectivity index (χ2n) is 23.5. The van der Waals surface area contributed by atoms with Gasteiger partial charge in [0.25, 0.3) is 5.56 Å². The Morgan fingerprint density at radius 3 is 2.24 bits per heavy atom. The summed E-state index contributed by atoms with van der Waals surface area (Å²) >= 11 is 7.78. The number of ether oxygens (including phenoxy) is 2. The zero-order chi connectivity index (χ0) is 58.5. The SMILES string of the molecule is C#C.CC1CCCN1C(=O)C(N/C=C(\N)C1CCCCC1)C1CCOCC1.CN1CCC(c2ccc3c(c2)-n2c(nc(=O)c4c(Cl)cccc42)C32CCCCC2)CC1.O=CNC(CN1CCOCC1)c1ccc(-c2scnc2C(=O)O)cc1. The van der Waals surface area contributed by atoms with Crippen LogP contribution in [0.4, 0.5) is 0 Å². The minimum absolute atomic E-state index is 0.0635. The van der Waals surface area contributed by atoms with Crippen LogP contribution in [0, 0.1) is 24.7 Å². The number of piperidine rings is 1.